The van der Waals surface area contributed by atoms with Crippen LogP contribution in [0, 0.1) is 0 Å². The first-order chi connectivity index (χ1) is 14.7. The maximum absolute atomic E-state index is 14.0. The van der Waals surface area contributed by atoms with E-state index in [1.54, 1.807) is 12.1 Å². The van der Waals surface area contributed by atoms with Crippen LogP contribution in [0.1, 0.15) is 30.1 Å². The summed E-state index contributed by atoms with van der Waals surface area (Å²) in [5.41, 5.74) is 2.14. The second-order valence-corrected chi connectivity index (χ2v) is 7.91. The van der Waals surface area contributed by atoms with E-state index in [4.69, 9.17) is 5.11 Å². The molecule has 0 radical (unpaired) electrons. The Morgan fingerprint density at radius 2 is 1.37 bits per heavy atom. The fraction of sp³-hybridized carbons (Fsp3) is 0.143. The summed E-state index contributed by atoms with van der Waals surface area (Å²) in [6.45, 7) is 0. The molecule has 0 saturated heterocycles. The first-order valence-electron chi connectivity index (χ1n) is 10.5. The molecule has 1 atom stereocenters. The molecule has 6 rings (SSSR count). The summed E-state index contributed by atoms with van der Waals surface area (Å²) in [6, 6.07) is 30.1. The van der Waals surface area contributed by atoms with Gasteiger partial charge in [0.1, 0.15) is 11.9 Å². The second-order valence-electron chi connectivity index (χ2n) is 7.91. The molecule has 5 aromatic carbocycles. The third-order valence-corrected chi connectivity index (χ3v) is 6.03. The Labute approximate surface area is 175 Å². The fourth-order valence-corrected chi connectivity index (χ4v) is 4.53. The van der Waals surface area contributed by atoms with Crippen LogP contribution in [0.4, 0.5) is 4.39 Å². The minimum absolute atomic E-state index is 0.323. The van der Waals surface area contributed by atoms with Crippen LogP contribution in [-0.2, 0) is 6.42 Å². The first kappa shape index (κ1) is 18.6. The molecule has 30 heavy (non-hydrogen) atoms. The molecule has 0 heterocycles. The van der Waals surface area contributed by atoms with Crippen molar-refractivity contribution in [1.82, 2.24) is 0 Å². The van der Waals surface area contributed by atoms with Gasteiger partial charge in [-0.15, -0.1) is 0 Å². The van der Waals surface area contributed by atoms with Crippen LogP contribution >= 0.6 is 0 Å². The van der Waals surface area contributed by atoms with Gasteiger partial charge in [-0.3, -0.25) is 0 Å². The van der Waals surface area contributed by atoms with Gasteiger partial charge in [0.15, 0.2) is 0 Å². The van der Waals surface area contributed by atoms with Crippen molar-refractivity contribution in [2.75, 3.05) is 0 Å². The van der Waals surface area contributed by atoms with Crippen LogP contribution in [0.25, 0.3) is 32.3 Å². The molecule has 1 aliphatic rings. The Hall–Kier alpha value is -3.39. The Kier molecular flexibility index (Phi) is 4.84. The lowest BCUT2D eigenvalue weighted by Gasteiger charge is -2.21. The van der Waals surface area contributed by atoms with E-state index in [2.05, 4.69) is 42.5 Å². The molecule has 0 fully saturated rings. The lowest BCUT2D eigenvalue weighted by molar-refractivity contribution is 0.303. The average Bonchev–Trinajstić information content (AvgIpc) is 2.79. The highest BCUT2D eigenvalue weighted by Crippen LogP contribution is 2.38. The molecular weight excluding hydrogens is 371 g/mol. The number of phenolic OH excluding ortho intramolecular Hbond substituents is 1. The van der Waals surface area contributed by atoms with Crippen molar-refractivity contribution in [3.05, 3.63) is 102 Å². The van der Waals surface area contributed by atoms with Crippen LogP contribution in [0.5, 0.6) is 5.75 Å². The number of benzene rings is 5. The van der Waals surface area contributed by atoms with Crippen molar-refractivity contribution in [2.24, 2.45) is 0 Å². The molecule has 1 unspecified atom stereocenters. The minimum atomic E-state index is -0.778. The fourth-order valence-electron chi connectivity index (χ4n) is 4.53. The van der Waals surface area contributed by atoms with E-state index >= 15 is 0 Å². The van der Waals surface area contributed by atoms with Gasteiger partial charge in [0.25, 0.3) is 0 Å². The van der Waals surface area contributed by atoms with Gasteiger partial charge in [-0.05, 0) is 74.8 Å². The van der Waals surface area contributed by atoms with Gasteiger partial charge in [0.2, 0.25) is 0 Å². The number of hydrogen-bond donors (Lipinski definition) is 1. The number of phenols is 1. The van der Waals surface area contributed by atoms with Crippen LogP contribution in [-0.4, -0.2) is 5.11 Å². The van der Waals surface area contributed by atoms with Gasteiger partial charge >= 0.3 is 0 Å². The SMILES string of the molecule is FC1CCCc2c1ccc1c2ccc2ccccc21.Oc1ccc2ccccc2c1. The summed E-state index contributed by atoms with van der Waals surface area (Å²) in [5.74, 6) is 0.323. The molecule has 0 aromatic heterocycles. The maximum Gasteiger partial charge on any atom is 0.125 e. The third kappa shape index (κ3) is 3.39. The van der Waals surface area contributed by atoms with Crippen LogP contribution in [0.2, 0.25) is 0 Å². The third-order valence-electron chi connectivity index (χ3n) is 6.03. The van der Waals surface area contributed by atoms with Crippen LogP contribution in [0.15, 0.2) is 91.0 Å². The van der Waals surface area contributed by atoms with Crippen LogP contribution < -0.4 is 0 Å². The Balaban J connectivity index is 0.000000149. The summed E-state index contributed by atoms with van der Waals surface area (Å²) in [4.78, 5) is 0. The smallest absolute Gasteiger partial charge is 0.125 e. The molecule has 1 N–H and O–H groups in total. The van der Waals surface area contributed by atoms with Crippen molar-refractivity contribution >= 4 is 32.3 Å². The molecule has 0 aliphatic heterocycles. The summed E-state index contributed by atoms with van der Waals surface area (Å²) in [7, 11) is 0. The minimum Gasteiger partial charge on any atom is -0.508 e. The highest BCUT2D eigenvalue weighted by atomic mass is 19.1. The molecule has 5 aromatic rings. The van der Waals surface area contributed by atoms with Crippen molar-refractivity contribution < 1.29 is 9.50 Å². The van der Waals surface area contributed by atoms with Crippen molar-refractivity contribution in [3.63, 3.8) is 0 Å². The number of rotatable bonds is 0. The van der Waals surface area contributed by atoms with E-state index in [9.17, 15) is 4.39 Å². The highest BCUT2D eigenvalue weighted by molar-refractivity contribution is 6.08. The Morgan fingerprint density at radius 3 is 2.23 bits per heavy atom. The summed E-state index contributed by atoms with van der Waals surface area (Å²) < 4.78 is 14.0. The molecule has 0 spiro atoms. The quantitative estimate of drug-likeness (QED) is 0.265. The zero-order chi connectivity index (χ0) is 20.5. The van der Waals surface area contributed by atoms with E-state index in [0.717, 1.165) is 29.2 Å². The Morgan fingerprint density at radius 1 is 0.667 bits per heavy atom. The van der Waals surface area contributed by atoms with Gasteiger partial charge in [0, 0.05) is 0 Å². The van der Waals surface area contributed by atoms with Gasteiger partial charge < -0.3 is 5.11 Å². The monoisotopic (exact) mass is 394 g/mol. The number of aryl methyl sites for hydroxylation is 1. The lowest BCUT2D eigenvalue weighted by Crippen LogP contribution is -2.06. The molecule has 1 nitrogen and oxygen atoms in total. The van der Waals surface area contributed by atoms with Gasteiger partial charge in [0.05, 0.1) is 0 Å². The molecule has 0 bridgehead atoms. The van der Waals surface area contributed by atoms with Gasteiger partial charge in [-0.1, -0.05) is 78.9 Å². The van der Waals surface area contributed by atoms with E-state index in [1.165, 1.54) is 27.1 Å². The summed E-state index contributed by atoms with van der Waals surface area (Å²) in [5, 5.41) is 16.4. The lowest BCUT2D eigenvalue weighted by atomic mass is 9.85. The number of alkyl halides is 1. The highest BCUT2D eigenvalue weighted by Gasteiger charge is 2.21. The predicted molar refractivity (Wildman–Crippen MR) is 124 cm³/mol. The number of fused-ring (bicyclic) bond motifs is 6. The number of aromatic hydroxyl groups is 1. The van der Waals surface area contributed by atoms with Crippen LogP contribution in [0.3, 0.4) is 0 Å². The molecule has 0 saturated carbocycles. The number of halogens is 1. The molecular formula is C28H23FO. The maximum atomic E-state index is 14.0. The van der Waals surface area contributed by atoms with Gasteiger partial charge in [-0.25, -0.2) is 4.39 Å². The summed E-state index contributed by atoms with van der Waals surface area (Å²) >= 11 is 0. The van der Waals surface area contributed by atoms with E-state index in [-0.39, 0.29) is 0 Å². The van der Waals surface area contributed by atoms with Crippen molar-refractivity contribution in [2.45, 2.75) is 25.4 Å². The predicted octanol–water partition coefficient (Wildman–Crippen LogP) is 7.89. The summed E-state index contributed by atoms with van der Waals surface area (Å²) in [6.07, 6.45) is 1.86. The average molecular weight is 394 g/mol. The van der Waals surface area contributed by atoms with Gasteiger partial charge in [-0.2, -0.15) is 0 Å². The van der Waals surface area contributed by atoms with E-state index < -0.39 is 6.17 Å². The van der Waals surface area contributed by atoms with E-state index in [0.29, 0.717) is 12.2 Å². The largest absolute Gasteiger partial charge is 0.508 e. The first-order valence-corrected chi connectivity index (χ1v) is 10.5. The second kappa shape index (κ2) is 7.79. The topological polar surface area (TPSA) is 20.2 Å². The van der Waals surface area contributed by atoms with E-state index in [1.807, 2.05) is 36.4 Å². The zero-order valence-corrected chi connectivity index (χ0v) is 16.7. The molecule has 2 heteroatoms. The zero-order valence-electron chi connectivity index (χ0n) is 16.7. The molecule has 0 amide bonds. The number of hydrogen-bond acceptors (Lipinski definition) is 1. The normalized spacial score (nSPS) is 15.6. The Bertz CT molecular complexity index is 1360. The standard InChI is InChI=1S/C18H15F.C10H8O/c19-18-7-3-6-14-16-9-8-12-4-1-2-5-13(12)15(16)10-11-17(14)18;11-10-6-5-8-3-1-2-4-9(8)7-10/h1-2,4-5,8-11,18H,3,6-7H2;1-7,11H. The van der Waals surface area contributed by atoms with Crippen molar-refractivity contribution in [3.8, 4) is 5.75 Å². The molecule has 1 aliphatic carbocycles. The van der Waals surface area contributed by atoms with Crippen molar-refractivity contribution in [1.29, 1.82) is 0 Å². The molecule has 148 valence electrons.